The molecule has 0 bridgehead atoms. The number of imidazole rings is 1. The molecule has 1 amide bonds. The fourth-order valence-corrected chi connectivity index (χ4v) is 4.71. The molecule has 0 radical (unpaired) electrons. The number of aryl methyl sites for hydroxylation is 1. The topological polar surface area (TPSA) is 82.4 Å². The van der Waals surface area contributed by atoms with Crippen molar-refractivity contribution < 1.29 is 23.8 Å². The number of benzene rings is 1. The number of nitrogens with zero attached hydrogens (tertiary/aromatic N) is 3. The number of rotatable bonds is 8. The molecule has 0 aliphatic carbocycles. The highest BCUT2D eigenvalue weighted by molar-refractivity contribution is 5.79. The van der Waals surface area contributed by atoms with Crippen LogP contribution in [0.15, 0.2) is 42.7 Å². The van der Waals surface area contributed by atoms with Gasteiger partial charge in [-0.25, -0.2) is 4.98 Å². The van der Waals surface area contributed by atoms with Gasteiger partial charge >= 0.3 is 5.97 Å². The van der Waals surface area contributed by atoms with Crippen LogP contribution >= 0.6 is 0 Å². The van der Waals surface area contributed by atoms with Crippen LogP contribution in [0.2, 0.25) is 0 Å². The number of pyridine rings is 1. The third-order valence-corrected chi connectivity index (χ3v) is 6.68. The van der Waals surface area contributed by atoms with Crippen LogP contribution in [0, 0.1) is 12.8 Å². The van der Waals surface area contributed by atoms with E-state index in [1.807, 2.05) is 65.9 Å². The van der Waals surface area contributed by atoms with E-state index in [0.717, 1.165) is 22.5 Å². The third kappa shape index (κ3) is 5.42. The molecular weight excluding hydrogens is 446 g/mol. The maximum atomic E-state index is 13.5. The maximum absolute atomic E-state index is 13.5. The van der Waals surface area contributed by atoms with Crippen molar-refractivity contribution in [2.24, 2.45) is 5.92 Å². The number of piperidine rings is 1. The standard InChI is InChI=1S/C27H33N3O5/c1-5-35-27(32)19-7-9-29(10-8-19)26(31)16-23(20-13-21(33-3)15-22(14-20)34-4)24-17-28-25-12-18(2)6-11-30(24)25/h6,11-15,17,19,23H,5,7-10,16H2,1-4H3. The van der Waals surface area contributed by atoms with E-state index >= 15 is 0 Å². The van der Waals surface area contributed by atoms with E-state index in [4.69, 9.17) is 14.2 Å². The van der Waals surface area contributed by atoms with E-state index in [1.54, 1.807) is 14.2 Å². The van der Waals surface area contributed by atoms with E-state index in [-0.39, 0.29) is 30.1 Å². The summed E-state index contributed by atoms with van der Waals surface area (Å²) in [5, 5.41) is 0. The summed E-state index contributed by atoms with van der Waals surface area (Å²) < 4.78 is 18.2. The van der Waals surface area contributed by atoms with Crippen LogP contribution < -0.4 is 9.47 Å². The first kappa shape index (κ1) is 24.6. The van der Waals surface area contributed by atoms with E-state index in [1.165, 1.54) is 0 Å². The Morgan fingerprint density at radius 3 is 2.40 bits per heavy atom. The molecule has 1 aliphatic rings. The number of carbonyl (C=O) groups excluding carboxylic acids is 2. The van der Waals surface area contributed by atoms with Crippen molar-refractivity contribution in [3.8, 4) is 11.5 Å². The number of carbonyl (C=O) groups is 2. The number of methoxy groups -OCH3 is 2. The van der Waals surface area contributed by atoms with Crippen LogP contribution in [0.5, 0.6) is 11.5 Å². The van der Waals surface area contributed by atoms with Crippen LogP contribution in [0.3, 0.4) is 0 Å². The number of fused-ring (bicyclic) bond motifs is 1. The molecule has 3 aromatic rings. The summed E-state index contributed by atoms with van der Waals surface area (Å²) in [6.45, 7) is 5.31. The Labute approximate surface area is 205 Å². The number of hydrogen-bond donors (Lipinski definition) is 0. The minimum atomic E-state index is -0.257. The van der Waals surface area contributed by atoms with Gasteiger partial charge in [-0.2, -0.15) is 0 Å². The van der Waals surface area contributed by atoms with E-state index in [2.05, 4.69) is 4.98 Å². The molecule has 1 atom stereocenters. The van der Waals surface area contributed by atoms with E-state index in [0.29, 0.717) is 44.0 Å². The summed E-state index contributed by atoms with van der Waals surface area (Å²) in [4.78, 5) is 32.1. The van der Waals surface area contributed by atoms with E-state index < -0.39 is 0 Å². The van der Waals surface area contributed by atoms with Gasteiger partial charge in [-0.3, -0.25) is 9.59 Å². The first-order chi connectivity index (χ1) is 16.9. The molecule has 0 N–H and O–H groups in total. The largest absolute Gasteiger partial charge is 0.497 e. The third-order valence-electron chi connectivity index (χ3n) is 6.68. The Hall–Kier alpha value is -3.55. The van der Waals surface area contributed by atoms with Gasteiger partial charge in [0.05, 0.1) is 32.4 Å². The fourth-order valence-electron chi connectivity index (χ4n) is 4.71. The van der Waals surface area contributed by atoms with Gasteiger partial charge in [0.2, 0.25) is 5.91 Å². The molecule has 1 aromatic carbocycles. The number of esters is 1. The smallest absolute Gasteiger partial charge is 0.309 e. The second kappa shape index (κ2) is 10.8. The summed E-state index contributed by atoms with van der Waals surface area (Å²) in [6.07, 6.45) is 5.34. The van der Waals surface area contributed by atoms with Gasteiger partial charge in [0, 0.05) is 43.9 Å². The molecule has 0 saturated carbocycles. The molecular formula is C27H33N3O5. The predicted molar refractivity (Wildman–Crippen MR) is 132 cm³/mol. The zero-order chi connectivity index (χ0) is 24.9. The first-order valence-electron chi connectivity index (χ1n) is 12.0. The predicted octanol–water partition coefficient (Wildman–Crippen LogP) is 3.98. The SMILES string of the molecule is CCOC(=O)C1CCN(C(=O)CC(c2cc(OC)cc(OC)c2)c2cnc3cc(C)ccn23)CC1. The molecule has 4 rings (SSSR count). The Balaban J connectivity index is 1.63. The Morgan fingerprint density at radius 1 is 1.09 bits per heavy atom. The van der Waals surface area contributed by atoms with Gasteiger partial charge in [-0.15, -0.1) is 0 Å². The van der Waals surface area contributed by atoms with Crippen molar-refractivity contribution in [2.75, 3.05) is 33.9 Å². The molecule has 8 nitrogen and oxygen atoms in total. The summed E-state index contributed by atoms with van der Waals surface area (Å²) in [5.41, 5.74) is 3.79. The average Bonchev–Trinajstić information content (AvgIpc) is 3.29. The molecule has 35 heavy (non-hydrogen) atoms. The van der Waals surface area contributed by atoms with Crippen LogP contribution in [0.1, 0.15) is 48.9 Å². The van der Waals surface area contributed by atoms with Crippen molar-refractivity contribution in [1.82, 2.24) is 14.3 Å². The second-order valence-electron chi connectivity index (χ2n) is 8.93. The average molecular weight is 480 g/mol. The molecule has 3 heterocycles. The Morgan fingerprint density at radius 2 is 1.77 bits per heavy atom. The second-order valence-corrected chi connectivity index (χ2v) is 8.93. The van der Waals surface area contributed by atoms with Crippen LogP contribution in [-0.4, -0.2) is 60.1 Å². The number of aromatic nitrogens is 2. The zero-order valence-electron chi connectivity index (χ0n) is 20.8. The van der Waals surface area contributed by atoms with Crippen molar-refractivity contribution in [1.29, 1.82) is 0 Å². The lowest BCUT2D eigenvalue weighted by Gasteiger charge is -2.32. The van der Waals surface area contributed by atoms with Crippen molar-refractivity contribution in [3.63, 3.8) is 0 Å². The summed E-state index contributed by atoms with van der Waals surface area (Å²) in [6, 6.07) is 9.76. The normalized spacial score (nSPS) is 15.1. The zero-order valence-corrected chi connectivity index (χ0v) is 20.8. The number of hydrogen-bond acceptors (Lipinski definition) is 6. The summed E-state index contributed by atoms with van der Waals surface area (Å²) >= 11 is 0. The molecule has 8 heteroatoms. The Kier molecular flexibility index (Phi) is 7.58. The highest BCUT2D eigenvalue weighted by Gasteiger charge is 2.31. The van der Waals surface area contributed by atoms with Crippen LogP contribution in [-0.2, 0) is 14.3 Å². The van der Waals surface area contributed by atoms with Gasteiger partial charge in [0.1, 0.15) is 17.1 Å². The van der Waals surface area contributed by atoms with Gasteiger partial charge in [-0.05, 0) is 62.1 Å². The lowest BCUT2D eigenvalue weighted by Crippen LogP contribution is -2.41. The molecule has 0 spiro atoms. The summed E-state index contributed by atoms with van der Waals surface area (Å²) in [7, 11) is 3.23. The fraction of sp³-hybridized carbons (Fsp3) is 0.444. The van der Waals surface area contributed by atoms with E-state index in [9.17, 15) is 9.59 Å². The lowest BCUT2D eigenvalue weighted by molar-refractivity contribution is -0.151. The first-order valence-corrected chi connectivity index (χ1v) is 12.0. The molecule has 1 saturated heterocycles. The van der Waals surface area contributed by atoms with Gasteiger partial charge in [0.15, 0.2) is 0 Å². The molecule has 1 fully saturated rings. The van der Waals surface area contributed by atoms with Gasteiger partial charge in [-0.1, -0.05) is 0 Å². The minimum Gasteiger partial charge on any atom is -0.497 e. The van der Waals surface area contributed by atoms with Gasteiger partial charge < -0.3 is 23.5 Å². The number of ether oxygens (including phenoxy) is 3. The molecule has 1 aliphatic heterocycles. The molecule has 186 valence electrons. The molecule has 2 aromatic heterocycles. The highest BCUT2D eigenvalue weighted by atomic mass is 16.5. The number of amides is 1. The van der Waals surface area contributed by atoms with Crippen LogP contribution in [0.4, 0.5) is 0 Å². The van der Waals surface area contributed by atoms with Crippen molar-refractivity contribution in [2.45, 2.75) is 39.0 Å². The van der Waals surface area contributed by atoms with Gasteiger partial charge in [0.25, 0.3) is 0 Å². The lowest BCUT2D eigenvalue weighted by atomic mass is 9.90. The molecule has 1 unspecified atom stereocenters. The monoisotopic (exact) mass is 479 g/mol. The number of likely N-dealkylation sites (tertiary alicyclic amines) is 1. The highest BCUT2D eigenvalue weighted by Crippen LogP contribution is 2.35. The summed E-state index contributed by atoms with van der Waals surface area (Å²) in [5.74, 6) is 0.808. The van der Waals surface area contributed by atoms with Crippen LogP contribution in [0.25, 0.3) is 5.65 Å². The Bertz CT molecular complexity index is 1170. The quantitative estimate of drug-likeness (QED) is 0.455. The minimum absolute atomic E-state index is 0.0427. The van der Waals surface area contributed by atoms with Crippen molar-refractivity contribution >= 4 is 17.5 Å². The van der Waals surface area contributed by atoms with Crippen molar-refractivity contribution in [3.05, 3.63) is 59.5 Å². The maximum Gasteiger partial charge on any atom is 0.309 e.